The molecule has 17 aromatic carbocycles. The third-order valence-corrected chi connectivity index (χ3v) is 26.0. The van der Waals surface area contributed by atoms with Crippen molar-refractivity contribution in [1.29, 1.82) is 0 Å². The van der Waals surface area contributed by atoms with Gasteiger partial charge in [-0.05, 0) is 222 Å². The predicted molar refractivity (Wildman–Crippen MR) is 484 cm³/mol. The summed E-state index contributed by atoms with van der Waals surface area (Å²) in [6, 6.07) is 131. The lowest BCUT2D eigenvalue weighted by Crippen LogP contribution is -2.34. The van der Waals surface area contributed by atoms with Crippen molar-refractivity contribution in [3.63, 3.8) is 0 Å². The Morgan fingerprint density at radius 3 is 1.58 bits per heavy atom. The zero-order valence-electron chi connectivity index (χ0n) is 64.5. The van der Waals surface area contributed by atoms with Crippen molar-refractivity contribution in [3.8, 4) is 101 Å². The van der Waals surface area contributed by atoms with Gasteiger partial charge in [-0.15, -0.1) is 0 Å². The lowest BCUT2D eigenvalue weighted by atomic mass is 9.59. The number of carbonyl (C=O) groups is 1. The number of hydrogen-bond donors (Lipinski definition) is 0. The van der Waals surface area contributed by atoms with E-state index in [1.807, 2.05) is 60.7 Å². The largest absolute Gasteiger partial charge is 0.492 e. The maximum atomic E-state index is 14.3. The first-order valence-corrected chi connectivity index (χ1v) is 40.6. The molecule has 2 unspecified atom stereocenters. The molecule has 0 bridgehead atoms. The summed E-state index contributed by atoms with van der Waals surface area (Å²) in [6.07, 6.45) is 0.294. The van der Waals surface area contributed by atoms with Crippen LogP contribution >= 0.6 is 0 Å². The molecular formula is C110H71N3O5. The Morgan fingerprint density at radius 1 is 0.314 bits per heavy atom. The van der Waals surface area contributed by atoms with E-state index < -0.39 is 0 Å². The van der Waals surface area contributed by atoms with Crippen LogP contribution in [0.3, 0.4) is 0 Å². The van der Waals surface area contributed by atoms with E-state index in [1.54, 1.807) is 0 Å². The minimum atomic E-state index is -0.378. The number of rotatable bonds is 9. The van der Waals surface area contributed by atoms with Crippen molar-refractivity contribution in [3.05, 3.63) is 397 Å². The van der Waals surface area contributed by atoms with E-state index in [0.29, 0.717) is 29.6 Å². The van der Waals surface area contributed by atoms with Gasteiger partial charge in [0, 0.05) is 88.2 Å². The predicted octanol–water partition coefficient (Wildman–Crippen LogP) is 28.2. The van der Waals surface area contributed by atoms with Crippen LogP contribution in [0, 0.1) is 0 Å². The van der Waals surface area contributed by atoms with Crippen LogP contribution in [0.2, 0.25) is 0 Å². The third kappa shape index (κ3) is 10.1. The SMILES string of the molecule is CC1c2ccccc2-c2cc(-c3ccc(-c4ccc5c(c4)c4cc6c(cc4n5-c4ccc(-c5ccc(-n7c8ccccc8c8cc(-c9ccc%10c(c9)c9cc%11c(cc9n%10-c9ccccc9)C(=O)CCOc9ccccc9-%11)ccc87)c7oc8ccccc8c57)cc4)c(=O)oc4ccccc46)cc3-c3ccccc3)ccc2C1(C)c1ccccc1. The van der Waals surface area contributed by atoms with E-state index in [2.05, 4.69) is 331 Å². The summed E-state index contributed by atoms with van der Waals surface area (Å²) in [5.74, 6) is 1.10. The number of fused-ring (bicyclic) bond motifs is 21. The Hall–Kier alpha value is -15.1. The molecule has 1 aliphatic carbocycles. The highest BCUT2D eigenvalue weighted by Crippen LogP contribution is 2.56. The molecule has 0 radical (unpaired) electrons. The summed E-state index contributed by atoms with van der Waals surface area (Å²) >= 11 is 0. The Bertz CT molecular complexity index is 8100. The zero-order chi connectivity index (χ0) is 78.2. The van der Waals surface area contributed by atoms with Crippen LogP contribution in [0.5, 0.6) is 5.75 Å². The number of nitrogens with zero attached hydrogens (tertiary/aromatic N) is 3. The summed E-state index contributed by atoms with van der Waals surface area (Å²) in [7, 11) is 0. The number of ketones is 1. The highest BCUT2D eigenvalue weighted by Gasteiger charge is 2.42. The Morgan fingerprint density at radius 2 is 0.839 bits per heavy atom. The third-order valence-electron chi connectivity index (χ3n) is 26.0. The smallest absolute Gasteiger partial charge is 0.344 e. The number of para-hydroxylation sites is 5. The summed E-state index contributed by atoms with van der Waals surface area (Å²) in [5.41, 5.74) is 30.6. The van der Waals surface area contributed by atoms with Crippen LogP contribution in [-0.2, 0) is 5.41 Å². The van der Waals surface area contributed by atoms with Crippen LogP contribution < -0.4 is 10.4 Å². The maximum absolute atomic E-state index is 14.3. The molecule has 1 aliphatic heterocycles. The minimum Gasteiger partial charge on any atom is -0.492 e. The van der Waals surface area contributed by atoms with Crippen LogP contribution in [-0.4, -0.2) is 26.1 Å². The normalized spacial score (nSPS) is 14.7. The number of ether oxygens (including phenoxy) is 1. The van der Waals surface area contributed by atoms with Gasteiger partial charge in [-0.3, -0.25) is 4.79 Å². The monoisotopic (exact) mass is 1510 g/mol. The minimum absolute atomic E-state index is 0.0657. The average molecular weight is 1510 g/mol. The van der Waals surface area contributed by atoms with Crippen molar-refractivity contribution < 1.29 is 18.4 Å². The number of carbonyl (C=O) groups excluding carboxylic acids is 1. The van der Waals surface area contributed by atoms with Gasteiger partial charge in [0.2, 0.25) is 0 Å². The Labute approximate surface area is 678 Å². The van der Waals surface area contributed by atoms with Crippen LogP contribution in [0.25, 0.3) is 204 Å². The van der Waals surface area contributed by atoms with E-state index in [9.17, 15) is 9.59 Å². The van der Waals surface area contributed by atoms with E-state index in [-0.39, 0.29) is 22.7 Å². The van der Waals surface area contributed by atoms with E-state index in [1.165, 1.54) is 27.8 Å². The first kappa shape index (κ1) is 67.4. The number of Topliss-reactive ketones (excluding diaryl/α,β-unsaturated/α-hetero) is 1. The quantitative estimate of drug-likeness (QED) is 0.106. The van der Waals surface area contributed by atoms with E-state index in [4.69, 9.17) is 13.6 Å². The molecule has 5 aromatic heterocycles. The zero-order valence-corrected chi connectivity index (χ0v) is 64.5. The Balaban J connectivity index is 0.625. The molecule has 2 aliphatic rings. The maximum Gasteiger partial charge on any atom is 0.344 e. The average Bonchev–Trinajstić information content (AvgIpc) is 1.40. The van der Waals surface area contributed by atoms with Crippen LogP contribution in [0.15, 0.2) is 378 Å². The molecule has 8 nitrogen and oxygen atoms in total. The van der Waals surface area contributed by atoms with Gasteiger partial charge in [0.25, 0.3) is 0 Å². The second-order valence-corrected chi connectivity index (χ2v) is 32.0. The molecule has 0 N–H and O–H groups in total. The standard InChI is InChI=1S/C110H71N3O5/c1-65-76-28-12-13-29-79(76)87-60-72(41-49-95(87)110(65,2)73-24-8-4-9-25-73)77-47-40-68(56-84(77)66-22-6-3-7-23-66)70-42-51-98-90(58-70)92-62-86-82-32-16-20-36-105(82)118-109(115)94(86)64-102(92)112(98)75-45-38-67(39-46-75)78-48-53-100(108-107(78)83-33-17-21-37-106(83)117-108)113-96-34-18-14-30-80(96)88-57-69(44-52-99(88)113)71-43-50-97-89(59-71)91-61-85-81-31-15-19-35-104(81)116-55-54-103(114)93(85)63-101(91)111(97)74-26-10-5-11-27-74/h3-53,56-65H,54-55H2,1-2H3. The van der Waals surface area contributed by atoms with E-state index in [0.717, 1.165) is 188 Å². The van der Waals surface area contributed by atoms with Crippen molar-refractivity contribution in [1.82, 2.24) is 13.7 Å². The van der Waals surface area contributed by atoms with Gasteiger partial charge in [0.1, 0.15) is 16.9 Å². The first-order chi connectivity index (χ1) is 58.1. The lowest BCUT2D eigenvalue weighted by molar-refractivity contribution is 0.0961. The van der Waals surface area contributed by atoms with Gasteiger partial charge in [0.05, 0.1) is 50.8 Å². The number of furan rings is 1. The molecule has 24 rings (SSSR count). The summed E-state index contributed by atoms with van der Waals surface area (Å²) in [5, 5.41) is 10.8. The molecule has 0 saturated carbocycles. The first-order valence-electron chi connectivity index (χ1n) is 40.6. The number of aromatic nitrogens is 3. The highest BCUT2D eigenvalue weighted by molar-refractivity contribution is 6.21. The molecule has 8 heteroatoms. The molecule has 2 atom stereocenters. The molecule has 0 spiro atoms. The van der Waals surface area contributed by atoms with Crippen LogP contribution in [0.4, 0.5) is 0 Å². The second-order valence-electron chi connectivity index (χ2n) is 32.0. The van der Waals surface area contributed by atoms with Gasteiger partial charge in [0.15, 0.2) is 11.4 Å². The molecule has 118 heavy (non-hydrogen) atoms. The fourth-order valence-corrected chi connectivity index (χ4v) is 20.1. The molecule has 22 aromatic rings. The molecule has 0 fully saturated rings. The lowest BCUT2D eigenvalue weighted by Gasteiger charge is -2.43. The molecule has 0 saturated heterocycles. The fraction of sp³-hybridized carbons (Fsp3) is 0.0545. The van der Waals surface area contributed by atoms with Gasteiger partial charge in [-0.2, -0.15) is 0 Å². The van der Waals surface area contributed by atoms with Crippen molar-refractivity contribution in [2.24, 2.45) is 0 Å². The van der Waals surface area contributed by atoms with Gasteiger partial charge < -0.3 is 27.3 Å². The summed E-state index contributed by atoms with van der Waals surface area (Å²) in [6.45, 7) is 5.14. The highest BCUT2D eigenvalue weighted by atomic mass is 16.5. The summed E-state index contributed by atoms with van der Waals surface area (Å²) < 4.78 is 26.4. The molecule has 6 heterocycles. The molecule has 0 amide bonds. The van der Waals surface area contributed by atoms with E-state index >= 15 is 0 Å². The van der Waals surface area contributed by atoms with Crippen molar-refractivity contribution in [2.75, 3.05) is 6.61 Å². The Kier molecular flexibility index (Phi) is 14.8. The molecule has 556 valence electrons. The number of benzene rings is 17. The van der Waals surface area contributed by atoms with Gasteiger partial charge in [-0.25, -0.2) is 4.79 Å². The topological polar surface area (TPSA) is 84.4 Å². The number of hydrogen-bond acceptors (Lipinski definition) is 5. The summed E-state index contributed by atoms with van der Waals surface area (Å²) in [4.78, 5) is 28.4. The van der Waals surface area contributed by atoms with Crippen molar-refractivity contribution >= 4 is 115 Å². The van der Waals surface area contributed by atoms with Crippen LogP contribution in [0.1, 0.15) is 53.2 Å². The van der Waals surface area contributed by atoms with Gasteiger partial charge in [-0.1, -0.05) is 250 Å². The fourth-order valence-electron chi connectivity index (χ4n) is 20.1. The van der Waals surface area contributed by atoms with Crippen molar-refractivity contribution in [2.45, 2.75) is 31.6 Å². The van der Waals surface area contributed by atoms with Gasteiger partial charge >= 0.3 is 5.63 Å². The second kappa shape index (κ2) is 26.0. The molecular weight excluding hydrogens is 1440 g/mol.